The van der Waals surface area contributed by atoms with Gasteiger partial charge in [0.2, 0.25) is 0 Å². The van der Waals surface area contributed by atoms with Crippen molar-refractivity contribution in [2.75, 3.05) is 13.1 Å². The van der Waals surface area contributed by atoms with E-state index in [1.807, 2.05) is 0 Å². The topological polar surface area (TPSA) is 57.6 Å². The molecule has 0 aromatic heterocycles. The molecule has 2 rings (SSSR count). The Labute approximate surface area is 108 Å². The number of carbonyl (C=O) groups is 2. The molecule has 6 heteroatoms. The van der Waals surface area contributed by atoms with Crippen LogP contribution >= 0.6 is 0 Å². The number of hydrogen-bond acceptors (Lipinski definition) is 2. The second-order valence-electron chi connectivity index (χ2n) is 4.94. The molecule has 0 bridgehead atoms. The molecule has 102 valence electrons. The number of nitrogens with zero attached hydrogens (tertiary/aromatic N) is 1. The maximum absolute atomic E-state index is 13.5. The summed E-state index contributed by atoms with van der Waals surface area (Å²) in [4.78, 5) is 24.3. The van der Waals surface area contributed by atoms with E-state index in [0.29, 0.717) is 0 Å². The molecular weight excluding hydrogens is 256 g/mol. The van der Waals surface area contributed by atoms with Gasteiger partial charge in [-0.2, -0.15) is 0 Å². The molecule has 0 aliphatic carbocycles. The molecule has 1 aromatic carbocycles. The van der Waals surface area contributed by atoms with Gasteiger partial charge in [0, 0.05) is 13.1 Å². The molecule has 0 radical (unpaired) electrons. The maximum atomic E-state index is 13.5. The second-order valence-corrected chi connectivity index (χ2v) is 4.94. The highest BCUT2D eigenvalue weighted by Gasteiger charge is 2.43. The van der Waals surface area contributed by atoms with Gasteiger partial charge >= 0.3 is 5.97 Å². The van der Waals surface area contributed by atoms with Crippen LogP contribution in [0.3, 0.4) is 0 Å². The van der Waals surface area contributed by atoms with Crippen LogP contribution in [0.25, 0.3) is 0 Å². The predicted octanol–water partition coefficient (Wildman–Crippen LogP) is 1.90. The van der Waals surface area contributed by atoms with E-state index in [4.69, 9.17) is 5.11 Å². The molecule has 1 aromatic rings. The standard InChI is InChI=1S/C13H13F2NO3/c1-13(12(18)19)5-6-16(7-13)11(17)10-8(14)3-2-4-9(10)15/h2-4H,5-7H2,1H3,(H,18,19). The highest BCUT2D eigenvalue weighted by molar-refractivity contribution is 5.95. The average molecular weight is 269 g/mol. The van der Waals surface area contributed by atoms with Crippen molar-refractivity contribution in [3.05, 3.63) is 35.4 Å². The SMILES string of the molecule is CC1(C(=O)O)CCN(C(=O)c2c(F)cccc2F)C1. The number of likely N-dealkylation sites (tertiary alicyclic amines) is 1. The molecule has 1 unspecified atom stereocenters. The molecule has 1 aliphatic rings. The van der Waals surface area contributed by atoms with Crippen LogP contribution in [0.15, 0.2) is 18.2 Å². The van der Waals surface area contributed by atoms with Gasteiger partial charge < -0.3 is 10.0 Å². The van der Waals surface area contributed by atoms with Crippen LogP contribution in [0.1, 0.15) is 23.7 Å². The first-order valence-corrected chi connectivity index (χ1v) is 5.82. The first kappa shape index (κ1) is 13.5. The normalized spacial score (nSPS) is 22.6. The van der Waals surface area contributed by atoms with Gasteiger partial charge in [0.15, 0.2) is 0 Å². The summed E-state index contributed by atoms with van der Waals surface area (Å²) in [6.07, 6.45) is 0.268. The number of hydrogen-bond donors (Lipinski definition) is 1. The van der Waals surface area contributed by atoms with Crippen LogP contribution in [-0.4, -0.2) is 35.0 Å². The molecule has 19 heavy (non-hydrogen) atoms. The molecule has 1 atom stereocenters. The Balaban J connectivity index is 2.25. The fraction of sp³-hybridized carbons (Fsp3) is 0.385. The van der Waals surface area contributed by atoms with Gasteiger partial charge in [-0.3, -0.25) is 9.59 Å². The molecular formula is C13H13F2NO3. The van der Waals surface area contributed by atoms with E-state index in [2.05, 4.69) is 0 Å². The first-order chi connectivity index (χ1) is 8.85. The largest absolute Gasteiger partial charge is 0.481 e. The van der Waals surface area contributed by atoms with E-state index >= 15 is 0 Å². The molecule has 0 saturated carbocycles. The van der Waals surface area contributed by atoms with Crippen LogP contribution in [0, 0.1) is 17.0 Å². The summed E-state index contributed by atoms with van der Waals surface area (Å²) in [7, 11) is 0. The fourth-order valence-electron chi connectivity index (χ4n) is 2.17. The Morgan fingerprint density at radius 2 is 1.89 bits per heavy atom. The number of benzene rings is 1. The predicted molar refractivity (Wildman–Crippen MR) is 62.6 cm³/mol. The lowest BCUT2D eigenvalue weighted by Gasteiger charge is -2.20. The van der Waals surface area contributed by atoms with Gasteiger partial charge in [0.25, 0.3) is 5.91 Å². The molecule has 1 aliphatic heterocycles. The summed E-state index contributed by atoms with van der Waals surface area (Å²) in [5.41, 5.74) is -1.69. The van der Waals surface area contributed by atoms with Gasteiger partial charge in [-0.05, 0) is 25.5 Å². The lowest BCUT2D eigenvalue weighted by Crippen LogP contribution is -2.35. The lowest BCUT2D eigenvalue weighted by atomic mass is 9.90. The molecule has 1 N–H and O–H groups in total. The van der Waals surface area contributed by atoms with Crippen molar-refractivity contribution >= 4 is 11.9 Å². The molecule has 1 saturated heterocycles. The Hall–Kier alpha value is -1.98. The van der Waals surface area contributed by atoms with Crippen molar-refractivity contribution in [3.8, 4) is 0 Å². The average Bonchev–Trinajstić information content (AvgIpc) is 2.73. The van der Waals surface area contributed by atoms with Gasteiger partial charge in [-0.1, -0.05) is 6.07 Å². The molecule has 1 amide bonds. The minimum absolute atomic E-state index is 0.0467. The van der Waals surface area contributed by atoms with Crippen LogP contribution < -0.4 is 0 Å². The van der Waals surface area contributed by atoms with E-state index < -0.39 is 34.5 Å². The monoisotopic (exact) mass is 269 g/mol. The van der Waals surface area contributed by atoms with Crippen molar-refractivity contribution in [2.45, 2.75) is 13.3 Å². The third-order valence-electron chi connectivity index (χ3n) is 3.45. The van der Waals surface area contributed by atoms with Crippen molar-refractivity contribution < 1.29 is 23.5 Å². The smallest absolute Gasteiger partial charge is 0.311 e. The highest BCUT2D eigenvalue weighted by Crippen LogP contribution is 2.31. The molecule has 1 heterocycles. The summed E-state index contributed by atoms with van der Waals surface area (Å²) < 4.78 is 27.0. The van der Waals surface area contributed by atoms with Crippen molar-refractivity contribution in [3.63, 3.8) is 0 Å². The van der Waals surface area contributed by atoms with E-state index in [1.165, 1.54) is 17.9 Å². The number of carbonyl (C=O) groups excluding carboxylic acids is 1. The lowest BCUT2D eigenvalue weighted by molar-refractivity contribution is -0.147. The number of carboxylic acids is 1. The van der Waals surface area contributed by atoms with Gasteiger partial charge in [0.1, 0.15) is 17.2 Å². The Bertz CT molecular complexity index is 526. The summed E-state index contributed by atoms with van der Waals surface area (Å²) >= 11 is 0. The number of rotatable bonds is 2. The first-order valence-electron chi connectivity index (χ1n) is 5.82. The molecule has 1 fully saturated rings. The van der Waals surface area contributed by atoms with Crippen LogP contribution in [0.5, 0.6) is 0 Å². The van der Waals surface area contributed by atoms with Gasteiger partial charge in [-0.25, -0.2) is 8.78 Å². The maximum Gasteiger partial charge on any atom is 0.311 e. The van der Waals surface area contributed by atoms with Gasteiger partial charge in [-0.15, -0.1) is 0 Å². The van der Waals surface area contributed by atoms with Gasteiger partial charge in [0.05, 0.1) is 5.41 Å². The van der Waals surface area contributed by atoms with Crippen molar-refractivity contribution in [1.82, 2.24) is 4.90 Å². The van der Waals surface area contributed by atoms with E-state index in [-0.39, 0.29) is 19.5 Å². The van der Waals surface area contributed by atoms with Crippen LogP contribution in [0.2, 0.25) is 0 Å². The number of carboxylic acid groups (broad SMARTS) is 1. The van der Waals surface area contributed by atoms with Crippen molar-refractivity contribution in [1.29, 1.82) is 0 Å². The fourth-order valence-corrected chi connectivity index (χ4v) is 2.17. The molecule has 4 nitrogen and oxygen atoms in total. The summed E-state index contributed by atoms with van der Waals surface area (Å²) in [5.74, 6) is -3.69. The number of aliphatic carboxylic acids is 1. The zero-order valence-corrected chi connectivity index (χ0v) is 10.3. The van der Waals surface area contributed by atoms with Crippen LogP contribution in [-0.2, 0) is 4.79 Å². The molecule has 0 spiro atoms. The van der Waals surface area contributed by atoms with Crippen molar-refractivity contribution in [2.24, 2.45) is 5.41 Å². The summed E-state index contributed by atoms with van der Waals surface area (Å²) in [6.45, 7) is 1.64. The van der Waals surface area contributed by atoms with E-state index in [0.717, 1.165) is 12.1 Å². The minimum Gasteiger partial charge on any atom is -0.481 e. The Morgan fingerprint density at radius 3 is 2.37 bits per heavy atom. The summed E-state index contributed by atoms with van der Waals surface area (Å²) in [6, 6.07) is 3.18. The minimum atomic E-state index is -1.06. The third kappa shape index (κ3) is 2.30. The third-order valence-corrected chi connectivity index (χ3v) is 3.45. The Kier molecular flexibility index (Phi) is 3.26. The quantitative estimate of drug-likeness (QED) is 0.892. The Morgan fingerprint density at radius 1 is 1.32 bits per heavy atom. The zero-order valence-electron chi connectivity index (χ0n) is 10.3. The number of amides is 1. The highest BCUT2D eigenvalue weighted by atomic mass is 19.1. The van der Waals surface area contributed by atoms with Crippen LogP contribution in [0.4, 0.5) is 8.78 Å². The van der Waals surface area contributed by atoms with E-state index in [1.54, 1.807) is 0 Å². The van der Waals surface area contributed by atoms with E-state index in [9.17, 15) is 18.4 Å². The zero-order chi connectivity index (χ0) is 14.2. The summed E-state index contributed by atoms with van der Waals surface area (Å²) in [5, 5.41) is 9.07. The number of halogens is 2. The second kappa shape index (κ2) is 4.60.